The molecule has 5 heteroatoms. The van der Waals surface area contributed by atoms with Crippen LogP contribution >= 0.6 is 27.5 Å². The lowest BCUT2D eigenvalue weighted by atomic mass is 10.0. The zero-order chi connectivity index (χ0) is 14.7. The lowest BCUT2D eigenvalue weighted by molar-refractivity contribution is 0.172. The normalized spacial score (nSPS) is 13.8. The molecule has 0 spiro atoms. The van der Waals surface area contributed by atoms with E-state index in [9.17, 15) is 4.39 Å². The van der Waals surface area contributed by atoms with Gasteiger partial charge in [0, 0.05) is 21.1 Å². The van der Waals surface area contributed by atoms with E-state index in [1.165, 1.54) is 6.07 Å². The summed E-state index contributed by atoms with van der Waals surface area (Å²) in [4.78, 5) is 0. The molecule has 0 saturated heterocycles. The van der Waals surface area contributed by atoms with Crippen LogP contribution in [0.25, 0.3) is 0 Å². The van der Waals surface area contributed by atoms with Gasteiger partial charge in [-0.2, -0.15) is 0 Å². The number of halogens is 3. The molecule has 2 rings (SSSR count). The number of benzene rings is 2. The number of hydrogen-bond donors (Lipinski definition) is 1. The SMILES string of the molecule is CC(N)C(Oc1ccc(Br)cc1F)c1ccccc1Cl. The fourth-order valence-electron chi connectivity index (χ4n) is 1.87. The van der Waals surface area contributed by atoms with Crippen molar-refractivity contribution >= 4 is 27.5 Å². The summed E-state index contributed by atoms with van der Waals surface area (Å²) >= 11 is 9.36. The van der Waals surface area contributed by atoms with E-state index in [0.717, 1.165) is 5.56 Å². The molecule has 0 saturated carbocycles. The van der Waals surface area contributed by atoms with Gasteiger partial charge in [-0.25, -0.2) is 4.39 Å². The van der Waals surface area contributed by atoms with E-state index in [0.29, 0.717) is 9.50 Å². The van der Waals surface area contributed by atoms with Crippen LogP contribution < -0.4 is 10.5 Å². The standard InChI is InChI=1S/C15H14BrClFNO/c1-9(19)15(11-4-2-3-5-12(11)17)20-14-7-6-10(16)8-13(14)18/h2-9,15H,19H2,1H3. The molecule has 2 aromatic carbocycles. The Kier molecular flexibility index (Phi) is 5.02. The second-order valence-electron chi connectivity index (χ2n) is 4.49. The van der Waals surface area contributed by atoms with Crippen molar-refractivity contribution in [3.8, 4) is 5.75 Å². The molecule has 0 aliphatic rings. The van der Waals surface area contributed by atoms with Gasteiger partial charge in [0.15, 0.2) is 11.6 Å². The van der Waals surface area contributed by atoms with Gasteiger partial charge in [0.1, 0.15) is 6.10 Å². The minimum Gasteiger partial charge on any atom is -0.481 e. The summed E-state index contributed by atoms with van der Waals surface area (Å²) < 4.78 is 20.2. The molecule has 106 valence electrons. The fourth-order valence-corrected chi connectivity index (χ4v) is 2.44. The van der Waals surface area contributed by atoms with Crippen LogP contribution in [0.3, 0.4) is 0 Å². The third kappa shape index (κ3) is 3.51. The second-order valence-corrected chi connectivity index (χ2v) is 5.82. The summed E-state index contributed by atoms with van der Waals surface area (Å²) in [6.07, 6.45) is -0.514. The average Bonchev–Trinajstić information content (AvgIpc) is 2.39. The first-order valence-corrected chi connectivity index (χ1v) is 7.28. The lowest BCUT2D eigenvalue weighted by Crippen LogP contribution is -2.29. The number of nitrogens with two attached hydrogens (primary N) is 1. The Morgan fingerprint density at radius 3 is 2.55 bits per heavy atom. The van der Waals surface area contributed by atoms with E-state index in [1.54, 1.807) is 25.1 Å². The van der Waals surface area contributed by atoms with E-state index < -0.39 is 11.9 Å². The molecule has 0 bridgehead atoms. The first kappa shape index (κ1) is 15.3. The van der Waals surface area contributed by atoms with Gasteiger partial charge in [0.2, 0.25) is 0 Å². The quantitative estimate of drug-likeness (QED) is 0.859. The minimum atomic E-state index is -0.514. The van der Waals surface area contributed by atoms with Crippen LogP contribution in [-0.4, -0.2) is 6.04 Å². The Morgan fingerprint density at radius 2 is 1.95 bits per heavy atom. The van der Waals surface area contributed by atoms with E-state index in [1.807, 2.05) is 18.2 Å². The molecule has 20 heavy (non-hydrogen) atoms. The molecule has 2 nitrogen and oxygen atoms in total. The molecular weight excluding hydrogens is 345 g/mol. The molecule has 2 N–H and O–H groups in total. The topological polar surface area (TPSA) is 35.2 Å². The van der Waals surface area contributed by atoms with E-state index in [2.05, 4.69) is 15.9 Å². The molecule has 0 aliphatic heterocycles. The van der Waals surface area contributed by atoms with Crippen molar-refractivity contribution in [1.29, 1.82) is 0 Å². The molecule has 0 aliphatic carbocycles. The third-order valence-electron chi connectivity index (χ3n) is 2.84. The van der Waals surface area contributed by atoms with Gasteiger partial charge in [-0.05, 0) is 31.2 Å². The van der Waals surface area contributed by atoms with E-state index in [-0.39, 0.29) is 11.8 Å². The van der Waals surface area contributed by atoms with Crippen LogP contribution in [0.1, 0.15) is 18.6 Å². The maximum absolute atomic E-state index is 13.9. The van der Waals surface area contributed by atoms with Crippen molar-refractivity contribution in [1.82, 2.24) is 0 Å². The lowest BCUT2D eigenvalue weighted by Gasteiger charge is -2.24. The van der Waals surface area contributed by atoms with Crippen molar-refractivity contribution in [3.63, 3.8) is 0 Å². The van der Waals surface area contributed by atoms with Gasteiger partial charge in [-0.1, -0.05) is 45.7 Å². The molecule has 0 fully saturated rings. The Balaban J connectivity index is 2.33. The zero-order valence-corrected chi connectivity index (χ0v) is 13.2. The van der Waals surface area contributed by atoms with Crippen LogP contribution in [0, 0.1) is 5.82 Å². The van der Waals surface area contributed by atoms with Crippen molar-refractivity contribution in [2.75, 3.05) is 0 Å². The van der Waals surface area contributed by atoms with Crippen LogP contribution in [0.4, 0.5) is 4.39 Å². The summed E-state index contributed by atoms with van der Waals surface area (Å²) in [6, 6.07) is 11.5. The van der Waals surface area contributed by atoms with Gasteiger partial charge in [-0.15, -0.1) is 0 Å². The molecule has 2 unspecified atom stereocenters. The highest BCUT2D eigenvalue weighted by atomic mass is 79.9. The minimum absolute atomic E-state index is 0.149. The second kappa shape index (κ2) is 6.57. The molecular formula is C15H14BrClFNO. The monoisotopic (exact) mass is 357 g/mol. The number of hydrogen-bond acceptors (Lipinski definition) is 2. The summed E-state index contributed by atoms with van der Waals surface area (Å²) in [6.45, 7) is 1.80. The highest BCUT2D eigenvalue weighted by Gasteiger charge is 2.22. The van der Waals surface area contributed by atoms with E-state index >= 15 is 0 Å². The fraction of sp³-hybridized carbons (Fsp3) is 0.200. The maximum Gasteiger partial charge on any atom is 0.166 e. The molecule has 2 aromatic rings. The van der Waals surface area contributed by atoms with Gasteiger partial charge in [0.05, 0.1) is 0 Å². The van der Waals surface area contributed by atoms with Gasteiger partial charge >= 0.3 is 0 Å². The first-order chi connectivity index (χ1) is 9.49. The van der Waals surface area contributed by atoms with Crippen molar-refractivity contribution < 1.29 is 9.13 Å². The van der Waals surface area contributed by atoms with Crippen molar-refractivity contribution in [2.24, 2.45) is 5.73 Å². The molecule has 0 aromatic heterocycles. The highest BCUT2D eigenvalue weighted by Crippen LogP contribution is 2.31. The predicted octanol–water partition coefficient (Wildman–Crippen LogP) is 4.71. The molecule has 0 amide bonds. The van der Waals surface area contributed by atoms with Gasteiger partial charge in [-0.3, -0.25) is 0 Å². The van der Waals surface area contributed by atoms with Gasteiger partial charge in [0.25, 0.3) is 0 Å². The van der Waals surface area contributed by atoms with Crippen molar-refractivity contribution in [2.45, 2.75) is 19.1 Å². The summed E-state index contributed by atoms with van der Waals surface area (Å²) in [5.41, 5.74) is 6.69. The van der Waals surface area contributed by atoms with Crippen LogP contribution in [0.15, 0.2) is 46.9 Å². The Hall–Kier alpha value is -1.10. The molecule has 0 radical (unpaired) electrons. The number of rotatable bonds is 4. The van der Waals surface area contributed by atoms with Crippen LogP contribution in [0.5, 0.6) is 5.75 Å². The Labute approximate surface area is 130 Å². The zero-order valence-electron chi connectivity index (χ0n) is 10.8. The Morgan fingerprint density at radius 1 is 1.25 bits per heavy atom. The predicted molar refractivity (Wildman–Crippen MR) is 82.6 cm³/mol. The summed E-state index contributed by atoms with van der Waals surface area (Å²) in [5, 5.41) is 0.548. The van der Waals surface area contributed by atoms with Crippen molar-refractivity contribution in [3.05, 3.63) is 63.3 Å². The smallest absolute Gasteiger partial charge is 0.166 e. The first-order valence-electron chi connectivity index (χ1n) is 6.10. The van der Waals surface area contributed by atoms with Crippen LogP contribution in [-0.2, 0) is 0 Å². The third-order valence-corrected chi connectivity index (χ3v) is 3.67. The summed E-state index contributed by atoms with van der Waals surface area (Å²) in [5.74, 6) is -0.299. The largest absolute Gasteiger partial charge is 0.481 e. The average molecular weight is 359 g/mol. The van der Waals surface area contributed by atoms with E-state index in [4.69, 9.17) is 22.1 Å². The summed E-state index contributed by atoms with van der Waals surface area (Å²) in [7, 11) is 0. The van der Waals surface area contributed by atoms with Crippen LogP contribution in [0.2, 0.25) is 5.02 Å². The highest BCUT2D eigenvalue weighted by molar-refractivity contribution is 9.10. The molecule has 2 atom stereocenters. The van der Waals surface area contributed by atoms with Gasteiger partial charge < -0.3 is 10.5 Å². The number of ether oxygens (including phenoxy) is 1. The molecule has 0 heterocycles. The Bertz CT molecular complexity index is 606. The maximum atomic E-state index is 13.9.